The summed E-state index contributed by atoms with van der Waals surface area (Å²) in [6.07, 6.45) is 1.01. The van der Waals surface area contributed by atoms with Gasteiger partial charge in [-0.1, -0.05) is 39.8 Å². The van der Waals surface area contributed by atoms with Gasteiger partial charge in [0, 0.05) is 0 Å². The molecule has 0 spiro atoms. The SMILES string of the molecule is CCCNC(C#N)COc1ccc(C(C)(C)C)cc1C. The summed E-state index contributed by atoms with van der Waals surface area (Å²) in [4.78, 5) is 0. The number of rotatable bonds is 6. The van der Waals surface area contributed by atoms with E-state index in [0.29, 0.717) is 6.61 Å². The van der Waals surface area contributed by atoms with Crippen LogP contribution in [0.4, 0.5) is 0 Å². The maximum absolute atomic E-state index is 9.06. The van der Waals surface area contributed by atoms with Crippen LogP contribution in [-0.2, 0) is 5.41 Å². The van der Waals surface area contributed by atoms with E-state index in [1.807, 2.05) is 13.0 Å². The average Bonchev–Trinajstić information content (AvgIpc) is 2.39. The molecule has 1 aromatic carbocycles. The Kier molecular flexibility index (Phi) is 6.04. The molecule has 110 valence electrons. The van der Waals surface area contributed by atoms with Gasteiger partial charge >= 0.3 is 0 Å². The Bertz CT molecular complexity index is 469. The largest absolute Gasteiger partial charge is 0.491 e. The van der Waals surface area contributed by atoms with Crippen molar-refractivity contribution in [1.29, 1.82) is 5.26 Å². The van der Waals surface area contributed by atoms with Gasteiger partial charge < -0.3 is 4.74 Å². The molecule has 1 aromatic rings. The Hall–Kier alpha value is -1.53. The van der Waals surface area contributed by atoms with Gasteiger partial charge in [-0.15, -0.1) is 0 Å². The van der Waals surface area contributed by atoms with Crippen LogP contribution in [0, 0.1) is 18.3 Å². The monoisotopic (exact) mass is 274 g/mol. The van der Waals surface area contributed by atoms with Gasteiger partial charge in [-0.25, -0.2) is 0 Å². The molecule has 0 radical (unpaired) electrons. The highest BCUT2D eigenvalue weighted by atomic mass is 16.5. The highest BCUT2D eigenvalue weighted by Crippen LogP contribution is 2.27. The highest BCUT2D eigenvalue weighted by molar-refractivity contribution is 5.38. The first kappa shape index (κ1) is 16.5. The zero-order valence-corrected chi connectivity index (χ0v) is 13.3. The Labute approximate surface area is 123 Å². The molecule has 0 fully saturated rings. The van der Waals surface area contributed by atoms with Crippen LogP contribution in [0.25, 0.3) is 0 Å². The second kappa shape index (κ2) is 7.31. The molecule has 0 saturated heterocycles. The van der Waals surface area contributed by atoms with Crippen molar-refractivity contribution in [3.63, 3.8) is 0 Å². The Morgan fingerprint density at radius 2 is 2.05 bits per heavy atom. The molecular weight excluding hydrogens is 248 g/mol. The average molecular weight is 274 g/mol. The van der Waals surface area contributed by atoms with Crippen LogP contribution in [0.15, 0.2) is 18.2 Å². The third kappa shape index (κ3) is 4.86. The number of hydrogen-bond donors (Lipinski definition) is 1. The molecule has 0 heterocycles. The molecule has 0 amide bonds. The van der Waals surface area contributed by atoms with Gasteiger partial charge in [0.25, 0.3) is 0 Å². The summed E-state index contributed by atoms with van der Waals surface area (Å²) in [7, 11) is 0. The van der Waals surface area contributed by atoms with Crippen LogP contribution in [0.3, 0.4) is 0 Å². The summed E-state index contributed by atoms with van der Waals surface area (Å²) in [5.41, 5.74) is 2.55. The lowest BCUT2D eigenvalue weighted by molar-refractivity contribution is 0.287. The Morgan fingerprint density at radius 1 is 1.35 bits per heavy atom. The Morgan fingerprint density at radius 3 is 2.55 bits per heavy atom. The van der Waals surface area contributed by atoms with Crippen LogP contribution in [0.1, 0.15) is 45.2 Å². The fourth-order valence-electron chi connectivity index (χ4n) is 1.91. The van der Waals surface area contributed by atoms with E-state index in [-0.39, 0.29) is 11.5 Å². The summed E-state index contributed by atoms with van der Waals surface area (Å²) >= 11 is 0. The molecule has 0 aromatic heterocycles. The third-order valence-electron chi connectivity index (χ3n) is 3.24. The minimum absolute atomic E-state index is 0.140. The van der Waals surface area contributed by atoms with Crippen LogP contribution >= 0.6 is 0 Å². The second-order valence-electron chi connectivity index (χ2n) is 6.18. The smallest absolute Gasteiger partial charge is 0.130 e. The lowest BCUT2D eigenvalue weighted by atomic mass is 9.86. The van der Waals surface area contributed by atoms with E-state index in [2.05, 4.69) is 51.2 Å². The van der Waals surface area contributed by atoms with Gasteiger partial charge in [0.05, 0.1) is 6.07 Å². The number of nitrogens with zero attached hydrogens (tertiary/aromatic N) is 1. The number of nitriles is 1. The van der Waals surface area contributed by atoms with Crippen molar-refractivity contribution in [2.45, 2.75) is 52.5 Å². The molecular formula is C17H26N2O. The predicted molar refractivity (Wildman–Crippen MR) is 83.1 cm³/mol. The van der Waals surface area contributed by atoms with Gasteiger partial charge in [-0.05, 0) is 42.5 Å². The van der Waals surface area contributed by atoms with Crippen LogP contribution in [0.2, 0.25) is 0 Å². The van der Waals surface area contributed by atoms with Crippen molar-refractivity contribution >= 4 is 0 Å². The van der Waals surface area contributed by atoms with Crippen LogP contribution in [0.5, 0.6) is 5.75 Å². The molecule has 0 bridgehead atoms. The van der Waals surface area contributed by atoms with E-state index in [1.165, 1.54) is 5.56 Å². The molecule has 3 nitrogen and oxygen atoms in total. The first-order valence-corrected chi connectivity index (χ1v) is 7.25. The predicted octanol–water partition coefficient (Wildman–Crippen LogP) is 3.56. The number of nitrogens with one attached hydrogen (secondary N) is 1. The topological polar surface area (TPSA) is 45.0 Å². The third-order valence-corrected chi connectivity index (χ3v) is 3.24. The van der Waals surface area contributed by atoms with Crippen LogP contribution < -0.4 is 10.1 Å². The molecule has 1 atom stereocenters. The molecule has 0 aliphatic carbocycles. The van der Waals surface area contributed by atoms with Crippen molar-refractivity contribution in [1.82, 2.24) is 5.32 Å². The molecule has 1 rings (SSSR count). The lowest BCUT2D eigenvalue weighted by Gasteiger charge is -2.21. The number of ether oxygens (including phenoxy) is 1. The summed E-state index contributed by atoms with van der Waals surface area (Å²) in [6, 6.07) is 8.24. The minimum Gasteiger partial charge on any atom is -0.491 e. The summed E-state index contributed by atoms with van der Waals surface area (Å²) < 4.78 is 5.77. The zero-order chi connectivity index (χ0) is 15.2. The first-order valence-electron chi connectivity index (χ1n) is 7.25. The standard InChI is InChI=1S/C17H26N2O/c1-6-9-19-15(11-18)12-20-16-8-7-14(10-13(16)2)17(3,4)5/h7-8,10,15,19H,6,9,12H2,1-5H3. The fraction of sp³-hybridized carbons (Fsp3) is 0.588. The van der Waals surface area contributed by atoms with Crippen molar-refractivity contribution in [3.8, 4) is 11.8 Å². The van der Waals surface area contributed by atoms with E-state index in [1.54, 1.807) is 0 Å². The van der Waals surface area contributed by atoms with Gasteiger partial charge in [0.15, 0.2) is 0 Å². The maximum Gasteiger partial charge on any atom is 0.130 e. The van der Waals surface area contributed by atoms with Gasteiger partial charge in [-0.3, -0.25) is 5.32 Å². The normalized spacial score (nSPS) is 12.8. The van der Waals surface area contributed by atoms with Gasteiger partial charge in [-0.2, -0.15) is 5.26 Å². The van der Waals surface area contributed by atoms with Crippen molar-refractivity contribution in [3.05, 3.63) is 29.3 Å². The van der Waals surface area contributed by atoms with Crippen molar-refractivity contribution in [2.24, 2.45) is 0 Å². The van der Waals surface area contributed by atoms with Crippen molar-refractivity contribution < 1.29 is 4.74 Å². The molecule has 0 aliphatic heterocycles. The van der Waals surface area contributed by atoms with E-state index in [0.717, 1.165) is 24.3 Å². The van der Waals surface area contributed by atoms with E-state index >= 15 is 0 Å². The first-order chi connectivity index (χ1) is 9.38. The number of hydrogen-bond acceptors (Lipinski definition) is 3. The van der Waals surface area contributed by atoms with E-state index in [4.69, 9.17) is 10.00 Å². The van der Waals surface area contributed by atoms with Crippen LogP contribution in [-0.4, -0.2) is 19.2 Å². The second-order valence-corrected chi connectivity index (χ2v) is 6.18. The summed E-state index contributed by atoms with van der Waals surface area (Å²) in [6.45, 7) is 11.9. The summed E-state index contributed by atoms with van der Waals surface area (Å²) in [5, 5.41) is 12.2. The van der Waals surface area contributed by atoms with Gasteiger partial charge in [0.2, 0.25) is 0 Å². The maximum atomic E-state index is 9.06. The molecule has 1 N–H and O–H groups in total. The fourth-order valence-corrected chi connectivity index (χ4v) is 1.91. The quantitative estimate of drug-likeness (QED) is 0.862. The van der Waals surface area contributed by atoms with E-state index < -0.39 is 0 Å². The van der Waals surface area contributed by atoms with Gasteiger partial charge in [0.1, 0.15) is 18.4 Å². The number of aryl methyl sites for hydroxylation is 1. The van der Waals surface area contributed by atoms with Crippen molar-refractivity contribution in [2.75, 3.05) is 13.2 Å². The minimum atomic E-state index is -0.253. The number of benzene rings is 1. The molecule has 20 heavy (non-hydrogen) atoms. The molecule has 3 heteroatoms. The summed E-state index contributed by atoms with van der Waals surface area (Å²) in [5.74, 6) is 0.858. The zero-order valence-electron chi connectivity index (χ0n) is 13.3. The molecule has 0 aliphatic rings. The lowest BCUT2D eigenvalue weighted by Crippen LogP contribution is -2.33. The van der Waals surface area contributed by atoms with E-state index in [9.17, 15) is 0 Å². The Balaban J connectivity index is 2.67. The molecule has 1 unspecified atom stereocenters. The highest BCUT2D eigenvalue weighted by Gasteiger charge is 2.15. The molecule has 0 saturated carbocycles.